The van der Waals surface area contributed by atoms with Crippen molar-refractivity contribution in [1.82, 2.24) is 19.4 Å². The molecule has 140 valence electrons. The maximum atomic E-state index is 12.8. The van der Waals surface area contributed by atoms with E-state index in [1.165, 1.54) is 0 Å². The van der Waals surface area contributed by atoms with Crippen LogP contribution >= 0.6 is 11.8 Å². The highest BCUT2D eigenvalue weighted by molar-refractivity contribution is 7.98. The van der Waals surface area contributed by atoms with Crippen molar-refractivity contribution < 1.29 is 4.79 Å². The van der Waals surface area contributed by atoms with Crippen molar-refractivity contribution >= 4 is 17.7 Å². The quantitative estimate of drug-likeness (QED) is 0.731. The number of amides is 1. The second-order valence-electron chi connectivity index (χ2n) is 6.97. The van der Waals surface area contributed by atoms with Gasteiger partial charge in [0.15, 0.2) is 0 Å². The molecule has 0 saturated carbocycles. The van der Waals surface area contributed by atoms with Crippen LogP contribution in [-0.2, 0) is 6.54 Å². The van der Waals surface area contributed by atoms with E-state index in [1.54, 1.807) is 11.8 Å². The van der Waals surface area contributed by atoms with E-state index in [2.05, 4.69) is 34.5 Å². The lowest BCUT2D eigenvalue weighted by Crippen LogP contribution is -2.49. The van der Waals surface area contributed by atoms with Gasteiger partial charge >= 0.3 is 0 Å². The second kappa shape index (κ2) is 8.73. The topological polar surface area (TPSA) is 41.4 Å². The van der Waals surface area contributed by atoms with Gasteiger partial charge in [0.05, 0.1) is 5.56 Å². The molecule has 0 aliphatic carbocycles. The molecule has 1 fully saturated rings. The fourth-order valence-corrected chi connectivity index (χ4v) is 4.02. The highest BCUT2D eigenvalue weighted by Gasteiger charge is 2.23. The van der Waals surface area contributed by atoms with Gasteiger partial charge in [0.25, 0.3) is 5.91 Å². The first kappa shape index (κ1) is 19.0. The molecule has 3 rings (SSSR count). The van der Waals surface area contributed by atoms with Gasteiger partial charge in [0.2, 0.25) is 0 Å². The van der Waals surface area contributed by atoms with Crippen LogP contribution in [0, 0.1) is 0 Å². The number of aromatic nitrogens is 2. The molecule has 0 bridgehead atoms. The van der Waals surface area contributed by atoms with Crippen molar-refractivity contribution in [3.63, 3.8) is 0 Å². The number of hydrogen-bond donors (Lipinski definition) is 0. The number of imidazole rings is 1. The number of hydrogen-bond acceptors (Lipinski definition) is 4. The smallest absolute Gasteiger partial charge is 0.255 e. The third-order valence-corrected chi connectivity index (χ3v) is 5.71. The summed E-state index contributed by atoms with van der Waals surface area (Å²) in [6.45, 7) is 9.75. The number of thioether (sulfide) groups is 1. The summed E-state index contributed by atoms with van der Waals surface area (Å²) < 4.78 is 2.25. The highest BCUT2D eigenvalue weighted by atomic mass is 32.2. The molecule has 1 aliphatic heterocycles. The van der Waals surface area contributed by atoms with Crippen LogP contribution < -0.4 is 0 Å². The SMILES string of the molecule is CSc1ccccc1C(=O)N1CCN(CCn2ccnc2C(C)C)CC1. The van der Waals surface area contributed by atoms with Crippen molar-refractivity contribution in [2.24, 2.45) is 0 Å². The van der Waals surface area contributed by atoms with Gasteiger partial charge < -0.3 is 9.47 Å². The summed E-state index contributed by atoms with van der Waals surface area (Å²) in [7, 11) is 0. The van der Waals surface area contributed by atoms with E-state index in [0.29, 0.717) is 5.92 Å². The van der Waals surface area contributed by atoms with E-state index in [4.69, 9.17) is 0 Å². The zero-order valence-electron chi connectivity index (χ0n) is 15.9. The summed E-state index contributed by atoms with van der Waals surface area (Å²) in [5.74, 6) is 1.75. The van der Waals surface area contributed by atoms with Crippen LogP contribution in [0.25, 0.3) is 0 Å². The minimum absolute atomic E-state index is 0.159. The van der Waals surface area contributed by atoms with Crippen LogP contribution in [0.15, 0.2) is 41.6 Å². The Kier molecular flexibility index (Phi) is 6.38. The number of rotatable bonds is 6. The molecule has 2 heterocycles. The Balaban J connectivity index is 1.52. The maximum absolute atomic E-state index is 12.8. The van der Waals surface area contributed by atoms with E-state index in [-0.39, 0.29) is 5.91 Å². The third-order valence-electron chi connectivity index (χ3n) is 4.92. The van der Waals surface area contributed by atoms with Crippen molar-refractivity contribution in [2.75, 3.05) is 39.0 Å². The molecule has 1 aliphatic rings. The summed E-state index contributed by atoms with van der Waals surface area (Å²) in [6, 6.07) is 7.89. The van der Waals surface area contributed by atoms with Crippen LogP contribution in [0.3, 0.4) is 0 Å². The number of nitrogens with zero attached hydrogens (tertiary/aromatic N) is 4. The molecule has 1 saturated heterocycles. The fourth-order valence-electron chi connectivity index (χ4n) is 3.43. The molecule has 2 aromatic rings. The van der Waals surface area contributed by atoms with Crippen molar-refractivity contribution in [3.8, 4) is 0 Å². The Morgan fingerprint density at radius 2 is 1.88 bits per heavy atom. The van der Waals surface area contributed by atoms with Gasteiger partial charge in [-0.2, -0.15) is 0 Å². The lowest BCUT2D eigenvalue weighted by atomic mass is 10.2. The van der Waals surface area contributed by atoms with Gasteiger partial charge in [-0.1, -0.05) is 26.0 Å². The van der Waals surface area contributed by atoms with E-state index in [0.717, 1.165) is 55.6 Å². The standard InChI is InChI=1S/C20H28N4OS/c1-16(2)19-21-8-9-23(19)13-10-22-11-14-24(15-12-22)20(25)17-6-4-5-7-18(17)26-3/h4-9,16H,10-15H2,1-3H3. The number of benzene rings is 1. The summed E-state index contributed by atoms with van der Waals surface area (Å²) in [5.41, 5.74) is 0.827. The molecule has 0 spiro atoms. The summed E-state index contributed by atoms with van der Waals surface area (Å²) in [6.07, 6.45) is 5.97. The van der Waals surface area contributed by atoms with Gasteiger partial charge in [-0.25, -0.2) is 4.98 Å². The molecule has 1 amide bonds. The molecule has 1 aromatic heterocycles. The number of carbonyl (C=O) groups excluding carboxylic acids is 1. The molecule has 0 unspecified atom stereocenters. The van der Waals surface area contributed by atoms with Gasteiger partial charge in [-0.05, 0) is 18.4 Å². The molecule has 0 atom stereocenters. The minimum Gasteiger partial charge on any atom is -0.336 e. The molecule has 0 radical (unpaired) electrons. The van der Waals surface area contributed by atoms with E-state index in [1.807, 2.05) is 41.6 Å². The molecular formula is C20H28N4OS. The predicted molar refractivity (Wildman–Crippen MR) is 107 cm³/mol. The van der Waals surface area contributed by atoms with Gasteiger partial charge in [0.1, 0.15) is 5.82 Å². The van der Waals surface area contributed by atoms with Crippen molar-refractivity contribution in [3.05, 3.63) is 48.0 Å². The Morgan fingerprint density at radius 3 is 2.58 bits per heavy atom. The molecule has 1 aromatic carbocycles. The maximum Gasteiger partial charge on any atom is 0.255 e. The predicted octanol–water partition coefficient (Wildman–Crippen LogP) is 3.19. The van der Waals surface area contributed by atoms with Crippen LogP contribution in [-0.4, -0.2) is 64.2 Å². The Hall–Kier alpha value is -1.79. The van der Waals surface area contributed by atoms with Gasteiger partial charge in [0, 0.05) is 62.5 Å². The van der Waals surface area contributed by atoms with E-state index >= 15 is 0 Å². The summed E-state index contributed by atoms with van der Waals surface area (Å²) in [4.78, 5) is 22.8. The van der Waals surface area contributed by atoms with Crippen molar-refractivity contribution in [1.29, 1.82) is 0 Å². The van der Waals surface area contributed by atoms with Crippen molar-refractivity contribution in [2.45, 2.75) is 31.2 Å². The first-order valence-electron chi connectivity index (χ1n) is 9.26. The van der Waals surface area contributed by atoms with E-state index < -0.39 is 0 Å². The first-order valence-corrected chi connectivity index (χ1v) is 10.5. The van der Waals surface area contributed by atoms with Crippen LogP contribution in [0.5, 0.6) is 0 Å². The average Bonchev–Trinajstić information content (AvgIpc) is 3.15. The first-order chi connectivity index (χ1) is 12.6. The monoisotopic (exact) mass is 372 g/mol. The molecular weight excluding hydrogens is 344 g/mol. The molecule has 5 nitrogen and oxygen atoms in total. The Bertz CT molecular complexity index is 735. The van der Waals surface area contributed by atoms with Crippen LogP contribution in [0.1, 0.15) is 35.9 Å². The zero-order chi connectivity index (χ0) is 18.5. The summed E-state index contributed by atoms with van der Waals surface area (Å²) in [5, 5.41) is 0. The average molecular weight is 373 g/mol. The fraction of sp³-hybridized carbons (Fsp3) is 0.500. The third kappa shape index (κ3) is 4.30. The zero-order valence-corrected chi connectivity index (χ0v) is 16.7. The molecule has 0 N–H and O–H groups in total. The van der Waals surface area contributed by atoms with Crippen LogP contribution in [0.4, 0.5) is 0 Å². The summed E-state index contributed by atoms with van der Waals surface area (Å²) >= 11 is 1.63. The number of piperazine rings is 1. The van der Waals surface area contributed by atoms with E-state index in [9.17, 15) is 4.79 Å². The lowest BCUT2D eigenvalue weighted by molar-refractivity contribution is 0.0629. The van der Waals surface area contributed by atoms with Gasteiger partial charge in [-0.3, -0.25) is 9.69 Å². The normalized spacial score (nSPS) is 15.6. The molecule has 6 heteroatoms. The largest absolute Gasteiger partial charge is 0.336 e. The van der Waals surface area contributed by atoms with Gasteiger partial charge in [-0.15, -0.1) is 11.8 Å². The second-order valence-corrected chi connectivity index (χ2v) is 7.82. The Morgan fingerprint density at radius 1 is 1.15 bits per heavy atom. The number of carbonyl (C=O) groups is 1. The molecule has 26 heavy (non-hydrogen) atoms. The minimum atomic E-state index is 0.159. The lowest BCUT2D eigenvalue weighted by Gasteiger charge is -2.35. The highest BCUT2D eigenvalue weighted by Crippen LogP contribution is 2.22. The Labute approximate surface area is 160 Å². The van der Waals surface area contributed by atoms with Crippen LogP contribution in [0.2, 0.25) is 0 Å².